The number of rotatable bonds is 4. The summed E-state index contributed by atoms with van der Waals surface area (Å²) >= 11 is 0. The van der Waals surface area contributed by atoms with Crippen LogP contribution in [0.3, 0.4) is 0 Å². The molecule has 0 saturated carbocycles. The van der Waals surface area contributed by atoms with Crippen LogP contribution in [-0.2, 0) is 9.53 Å². The van der Waals surface area contributed by atoms with Crippen molar-refractivity contribution in [1.29, 1.82) is 0 Å². The van der Waals surface area contributed by atoms with Crippen molar-refractivity contribution in [3.63, 3.8) is 0 Å². The van der Waals surface area contributed by atoms with Crippen molar-refractivity contribution in [2.24, 2.45) is 0 Å². The van der Waals surface area contributed by atoms with Gasteiger partial charge in [-0.1, -0.05) is 0 Å². The quantitative estimate of drug-likeness (QED) is 0.843. The first kappa shape index (κ1) is 19.8. The summed E-state index contributed by atoms with van der Waals surface area (Å²) in [6, 6.07) is -0.671. The first-order valence-electron chi connectivity index (χ1n) is 9.14. The average Bonchev–Trinajstić information content (AvgIpc) is 3.14. The van der Waals surface area contributed by atoms with Gasteiger partial charge in [-0.2, -0.15) is 4.98 Å². The molecule has 0 aliphatic carbocycles. The van der Waals surface area contributed by atoms with Gasteiger partial charge >= 0.3 is 12.1 Å². The Hall–Kier alpha value is -2.91. The lowest BCUT2D eigenvalue weighted by Crippen LogP contribution is -2.43. The van der Waals surface area contributed by atoms with Gasteiger partial charge in [0.05, 0.1) is 12.7 Å². The van der Waals surface area contributed by atoms with Gasteiger partial charge in [0, 0.05) is 12.5 Å². The summed E-state index contributed by atoms with van der Waals surface area (Å²) < 4.78 is 13.2. The van der Waals surface area contributed by atoms with Crippen LogP contribution in [0.2, 0.25) is 0 Å². The van der Waals surface area contributed by atoms with Crippen LogP contribution in [0.4, 0.5) is 4.79 Å². The number of imidazole rings is 1. The molecule has 1 amide bonds. The predicted molar refractivity (Wildman–Crippen MR) is 99.1 cm³/mol. The lowest BCUT2D eigenvalue weighted by molar-refractivity contribution is -0.142. The van der Waals surface area contributed by atoms with E-state index in [1.54, 1.807) is 27.0 Å². The van der Waals surface area contributed by atoms with Gasteiger partial charge in [0.15, 0.2) is 5.65 Å². The molecule has 3 heterocycles. The smallest absolute Gasteiger partial charge is 0.411 e. The molecule has 2 aromatic rings. The van der Waals surface area contributed by atoms with Crippen molar-refractivity contribution in [3.05, 3.63) is 12.5 Å². The van der Waals surface area contributed by atoms with Crippen LogP contribution >= 0.6 is 0 Å². The van der Waals surface area contributed by atoms with E-state index in [1.165, 1.54) is 11.2 Å². The molecular weight excluding hydrogens is 366 g/mol. The van der Waals surface area contributed by atoms with Crippen LogP contribution in [0.15, 0.2) is 12.5 Å². The second-order valence-corrected chi connectivity index (χ2v) is 8.05. The first-order chi connectivity index (χ1) is 13.1. The fourth-order valence-corrected chi connectivity index (χ4v) is 3.16. The lowest BCUT2D eigenvalue weighted by atomic mass is 10.2. The highest BCUT2D eigenvalue weighted by atomic mass is 16.6. The molecule has 0 spiro atoms. The molecule has 3 rings (SSSR count). The molecule has 28 heavy (non-hydrogen) atoms. The van der Waals surface area contributed by atoms with Gasteiger partial charge in [-0.25, -0.2) is 19.6 Å². The summed E-state index contributed by atoms with van der Waals surface area (Å²) in [5, 5.41) is 9.53. The Labute approximate surface area is 162 Å². The van der Waals surface area contributed by atoms with Crippen LogP contribution in [0, 0.1) is 0 Å². The average molecular weight is 391 g/mol. The molecule has 1 aliphatic heterocycles. The Balaban J connectivity index is 1.84. The predicted octanol–water partition coefficient (Wildman–Crippen LogP) is 2.25. The van der Waals surface area contributed by atoms with Gasteiger partial charge in [-0.15, -0.1) is 0 Å². The maximum Gasteiger partial charge on any atom is 0.411 e. The van der Waals surface area contributed by atoms with Crippen molar-refractivity contribution in [3.8, 4) is 6.01 Å². The molecule has 0 bridgehead atoms. The van der Waals surface area contributed by atoms with Crippen molar-refractivity contribution < 1.29 is 24.2 Å². The number of aromatic nitrogens is 4. The van der Waals surface area contributed by atoms with E-state index < -0.39 is 29.8 Å². The molecule has 1 aliphatic rings. The Kier molecular flexibility index (Phi) is 5.14. The van der Waals surface area contributed by atoms with E-state index in [9.17, 15) is 14.7 Å². The maximum atomic E-state index is 12.4. The van der Waals surface area contributed by atoms with E-state index in [1.807, 2.05) is 18.4 Å². The zero-order valence-corrected chi connectivity index (χ0v) is 16.6. The van der Waals surface area contributed by atoms with Crippen LogP contribution in [0.25, 0.3) is 11.2 Å². The van der Waals surface area contributed by atoms with Gasteiger partial charge in [0.2, 0.25) is 0 Å². The van der Waals surface area contributed by atoms with E-state index in [4.69, 9.17) is 9.47 Å². The summed E-state index contributed by atoms with van der Waals surface area (Å²) in [7, 11) is 0. The zero-order chi connectivity index (χ0) is 20.6. The largest absolute Gasteiger partial charge is 0.480 e. The Bertz CT molecular complexity index is 888. The van der Waals surface area contributed by atoms with Crippen LogP contribution in [0.1, 0.15) is 47.1 Å². The number of hydrogen-bond donors (Lipinski definition) is 1. The molecule has 2 atom stereocenters. The van der Waals surface area contributed by atoms with E-state index in [2.05, 4.69) is 15.0 Å². The molecule has 1 N–H and O–H groups in total. The SMILES string of the molecule is CC(C)n1c(OC2CC(C(=O)O)N(C(=O)OC(C)(C)C)C2)nc2cncnc21. The third-order valence-corrected chi connectivity index (χ3v) is 4.29. The fourth-order valence-electron chi connectivity index (χ4n) is 3.16. The van der Waals surface area contributed by atoms with Crippen molar-refractivity contribution in [1.82, 2.24) is 24.4 Å². The number of carboxylic acid groups (broad SMARTS) is 1. The summed E-state index contributed by atoms with van der Waals surface area (Å²) in [5.74, 6) is -1.10. The highest BCUT2D eigenvalue weighted by Crippen LogP contribution is 2.28. The van der Waals surface area contributed by atoms with E-state index >= 15 is 0 Å². The summed E-state index contributed by atoms with van der Waals surface area (Å²) in [6.45, 7) is 9.23. The molecular formula is C18H25N5O5. The highest BCUT2D eigenvalue weighted by molar-refractivity contribution is 5.81. The molecule has 0 aromatic carbocycles. The standard InChI is InChI=1S/C18H25N5O5/c1-10(2)23-14-12(7-19-9-20-14)21-16(23)27-11-6-13(15(24)25)22(8-11)17(26)28-18(3,4)5/h7,9-11,13H,6,8H2,1-5H3,(H,24,25). The maximum absolute atomic E-state index is 12.4. The normalized spacial score (nSPS) is 20.0. The molecule has 1 saturated heterocycles. The van der Waals surface area contributed by atoms with Gasteiger partial charge in [-0.05, 0) is 34.6 Å². The molecule has 2 unspecified atom stereocenters. The monoisotopic (exact) mass is 391 g/mol. The van der Waals surface area contributed by atoms with Gasteiger partial charge in [0.1, 0.15) is 29.6 Å². The highest BCUT2D eigenvalue weighted by Gasteiger charge is 2.43. The number of likely N-dealkylation sites (tertiary alicyclic amines) is 1. The van der Waals surface area contributed by atoms with E-state index in [0.29, 0.717) is 17.2 Å². The van der Waals surface area contributed by atoms with E-state index in [0.717, 1.165) is 0 Å². The van der Waals surface area contributed by atoms with Crippen molar-refractivity contribution in [2.75, 3.05) is 6.54 Å². The third-order valence-electron chi connectivity index (χ3n) is 4.29. The second-order valence-electron chi connectivity index (χ2n) is 8.05. The van der Waals surface area contributed by atoms with Gasteiger partial charge in [-0.3, -0.25) is 9.47 Å². The van der Waals surface area contributed by atoms with E-state index in [-0.39, 0.29) is 19.0 Å². The summed E-state index contributed by atoms with van der Waals surface area (Å²) in [4.78, 5) is 37.9. The minimum atomic E-state index is -1.10. The van der Waals surface area contributed by atoms with Gasteiger partial charge < -0.3 is 14.6 Å². The topological polar surface area (TPSA) is 120 Å². The minimum absolute atomic E-state index is 0.0218. The van der Waals surface area contributed by atoms with Crippen LogP contribution < -0.4 is 4.74 Å². The number of carbonyl (C=O) groups is 2. The van der Waals surface area contributed by atoms with Gasteiger partial charge in [0.25, 0.3) is 6.01 Å². The number of ether oxygens (including phenoxy) is 2. The second kappa shape index (κ2) is 7.25. The Morgan fingerprint density at radius 1 is 1.32 bits per heavy atom. The number of carbonyl (C=O) groups excluding carboxylic acids is 1. The summed E-state index contributed by atoms with van der Waals surface area (Å²) in [5.41, 5.74) is 0.503. The Morgan fingerprint density at radius 2 is 2.04 bits per heavy atom. The number of hydrogen-bond acceptors (Lipinski definition) is 7. The number of carboxylic acids is 1. The summed E-state index contributed by atoms with van der Waals surface area (Å²) in [6.07, 6.45) is 1.97. The number of amides is 1. The molecule has 152 valence electrons. The van der Waals surface area contributed by atoms with Crippen LogP contribution in [-0.4, -0.2) is 65.9 Å². The third kappa shape index (κ3) is 4.00. The zero-order valence-electron chi connectivity index (χ0n) is 16.6. The molecule has 1 fully saturated rings. The number of aliphatic carboxylic acids is 1. The lowest BCUT2D eigenvalue weighted by Gasteiger charge is -2.26. The Morgan fingerprint density at radius 3 is 2.64 bits per heavy atom. The van der Waals surface area contributed by atoms with Crippen molar-refractivity contribution >= 4 is 23.2 Å². The fraction of sp³-hybridized carbons (Fsp3) is 0.611. The molecule has 2 aromatic heterocycles. The molecule has 10 heteroatoms. The molecule has 10 nitrogen and oxygen atoms in total. The number of nitrogens with zero attached hydrogens (tertiary/aromatic N) is 5. The van der Waals surface area contributed by atoms with Crippen LogP contribution in [0.5, 0.6) is 6.01 Å². The first-order valence-corrected chi connectivity index (χ1v) is 9.14. The number of fused-ring (bicyclic) bond motifs is 1. The van der Waals surface area contributed by atoms with Crippen molar-refractivity contribution in [2.45, 2.75) is 64.8 Å². The minimum Gasteiger partial charge on any atom is -0.480 e. The molecule has 0 radical (unpaired) electrons.